The normalized spacial score (nSPS) is 30.3. The van der Waals surface area contributed by atoms with E-state index in [9.17, 15) is 5.11 Å². The summed E-state index contributed by atoms with van der Waals surface area (Å²) in [5.74, 6) is 0.640. The van der Waals surface area contributed by atoms with Gasteiger partial charge in [0.1, 0.15) is 0 Å². The molecule has 3 rings (SSSR count). The minimum Gasteiger partial charge on any atom is -0.399 e. The van der Waals surface area contributed by atoms with Crippen molar-refractivity contribution in [2.75, 3.05) is 12.3 Å². The highest BCUT2D eigenvalue weighted by Gasteiger charge is 2.25. The molecule has 1 saturated carbocycles. The fraction of sp³-hybridized carbons (Fsp3) is 0.625. The van der Waals surface area contributed by atoms with Crippen LogP contribution in [-0.4, -0.2) is 17.8 Å². The zero-order valence-corrected chi connectivity index (χ0v) is 11.4. The number of aryl methyl sites for hydroxylation is 1. The fourth-order valence-electron chi connectivity index (χ4n) is 3.61. The molecule has 104 valence electrons. The third-order valence-electron chi connectivity index (χ3n) is 4.65. The predicted octanol–water partition coefficient (Wildman–Crippen LogP) is 2.40. The second-order valence-electron chi connectivity index (χ2n) is 6.14. The van der Waals surface area contributed by atoms with Crippen LogP contribution in [0.25, 0.3) is 0 Å². The molecule has 2 aliphatic rings. The first-order chi connectivity index (χ1) is 9.22. The second kappa shape index (κ2) is 5.51. The van der Waals surface area contributed by atoms with Crippen LogP contribution in [0.15, 0.2) is 18.2 Å². The van der Waals surface area contributed by atoms with E-state index in [2.05, 4.69) is 17.4 Å². The number of nitrogens with two attached hydrogens (primary N) is 1. The molecule has 0 radical (unpaired) electrons. The van der Waals surface area contributed by atoms with Crippen LogP contribution in [-0.2, 0) is 6.42 Å². The monoisotopic (exact) mass is 260 g/mol. The van der Waals surface area contributed by atoms with Gasteiger partial charge < -0.3 is 16.2 Å². The summed E-state index contributed by atoms with van der Waals surface area (Å²) in [4.78, 5) is 0. The molecule has 2 aliphatic carbocycles. The van der Waals surface area contributed by atoms with Gasteiger partial charge in [0.25, 0.3) is 0 Å². The summed E-state index contributed by atoms with van der Waals surface area (Å²) in [6.45, 7) is 1.03. The number of anilines is 1. The van der Waals surface area contributed by atoms with Crippen LogP contribution < -0.4 is 11.1 Å². The van der Waals surface area contributed by atoms with Crippen LogP contribution in [0.3, 0.4) is 0 Å². The molecule has 0 saturated heterocycles. The van der Waals surface area contributed by atoms with Crippen molar-refractivity contribution in [3.63, 3.8) is 0 Å². The van der Waals surface area contributed by atoms with Gasteiger partial charge in [-0.3, -0.25) is 0 Å². The van der Waals surface area contributed by atoms with Gasteiger partial charge >= 0.3 is 0 Å². The predicted molar refractivity (Wildman–Crippen MR) is 77.9 cm³/mol. The van der Waals surface area contributed by atoms with Gasteiger partial charge in [0.05, 0.1) is 6.10 Å². The lowest BCUT2D eigenvalue weighted by molar-refractivity contribution is 0.0996. The van der Waals surface area contributed by atoms with Gasteiger partial charge in [0.15, 0.2) is 0 Å². The van der Waals surface area contributed by atoms with Gasteiger partial charge in [-0.2, -0.15) is 0 Å². The van der Waals surface area contributed by atoms with Gasteiger partial charge in [0.2, 0.25) is 0 Å². The average Bonchev–Trinajstić information content (AvgIpc) is 2.78. The first-order valence-corrected chi connectivity index (χ1v) is 7.52. The van der Waals surface area contributed by atoms with Crippen molar-refractivity contribution >= 4 is 5.69 Å². The molecule has 1 aromatic rings. The van der Waals surface area contributed by atoms with Crippen LogP contribution in [0.4, 0.5) is 5.69 Å². The summed E-state index contributed by atoms with van der Waals surface area (Å²) in [7, 11) is 0. The molecule has 1 aromatic carbocycles. The molecule has 0 spiro atoms. The summed E-state index contributed by atoms with van der Waals surface area (Å²) in [5, 5.41) is 13.4. The third kappa shape index (κ3) is 2.93. The first-order valence-electron chi connectivity index (χ1n) is 7.52. The maximum absolute atomic E-state index is 9.72. The highest BCUT2D eigenvalue weighted by atomic mass is 16.3. The van der Waals surface area contributed by atoms with Crippen LogP contribution >= 0.6 is 0 Å². The Morgan fingerprint density at radius 1 is 1.26 bits per heavy atom. The summed E-state index contributed by atoms with van der Waals surface area (Å²) >= 11 is 0. The molecule has 19 heavy (non-hydrogen) atoms. The van der Waals surface area contributed by atoms with E-state index in [4.69, 9.17) is 5.73 Å². The van der Waals surface area contributed by atoms with Gasteiger partial charge in [0, 0.05) is 11.7 Å². The Morgan fingerprint density at radius 3 is 3.00 bits per heavy atom. The molecule has 3 atom stereocenters. The number of aliphatic hydroxyl groups excluding tert-OH is 1. The number of hydrogen-bond acceptors (Lipinski definition) is 3. The van der Waals surface area contributed by atoms with E-state index in [0.717, 1.165) is 31.5 Å². The number of fused-ring (bicyclic) bond motifs is 1. The molecule has 3 heteroatoms. The molecular formula is C16H24N2O. The van der Waals surface area contributed by atoms with E-state index in [1.165, 1.54) is 30.4 Å². The zero-order chi connectivity index (χ0) is 13.2. The maximum atomic E-state index is 9.72. The van der Waals surface area contributed by atoms with Crippen LogP contribution in [0.5, 0.6) is 0 Å². The minimum absolute atomic E-state index is 0.0730. The van der Waals surface area contributed by atoms with E-state index in [0.29, 0.717) is 12.0 Å². The van der Waals surface area contributed by atoms with Crippen molar-refractivity contribution in [1.29, 1.82) is 0 Å². The first kappa shape index (κ1) is 12.9. The Hall–Kier alpha value is -1.06. The molecule has 3 unspecified atom stereocenters. The topological polar surface area (TPSA) is 58.3 Å². The van der Waals surface area contributed by atoms with Gasteiger partial charge in [-0.15, -0.1) is 0 Å². The Balaban J connectivity index is 1.57. The Kier molecular flexibility index (Phi) is 3.76. The molecule has 0 aromatic heterocycles. The number of nitrogen functional groups attached to an aromatic ring is 1. The zero-order valence-electron chi connectivity index (χ0n) is 11.4. The molecule has 0 amide bonds. The fourth-order valence-corrected chi connectivity index (χ4v) is 3.61. The molecule has 0 heterocycles. The van der Waals surface area contributed by atoms with Crippen molar-refractivity contribution in [3.8, 4) is 0 Å². The molecular weight excluding hydrogens is 236 g/mol. The van der Waals surface area contributed by atoms with E-state index in [-0.39, 0.29) is 6.10 Å². The number of benzene rings is 1. The van der Waals surface area contributed by atoms with Crippen molar-refractivity contribution in [2.45, 2.75) is 50.7 Å². The lowest BCUT2D eigenvalue weighted by atomic mass is 9.87. The standard InChI is InChI=1S/C16H24N2O/c17-13-5-6-15-12(9-13)4-7-16(15)18-10-11-2-1-3-14(19)8-11/h5-6,9,11,14,16,18-19H,1-4,7-8,10,17H2. The Labute approximate surface area is 115 Å². The molecule has 0 aliphatic heterocycles. The van der Waals surface area contributed by atoms with Crippen LogP contribution in [0.1, 0.15) is 49.3 Å². The SMILES string of the molecule is Nc1ccc2c(c1)CCC2NCC1CCCC(O)C1. The summed E-state index contributed by atoms with van der Waals surface area (Å²) < 4.78 is 0. The van der Waals surface area contributed by atoms with Gasteiger partial charge in [-0.1, -0.05) is 12.5 Å². The Bertz CT molecular complexity index is 446. The van der Waals surface area contributed by atoms with E-state index in [1.54, 1.807) is 0 Å². The smallest absolute Gasteiger partial charge is 0.0543 e. The van der Waals surface area contributed by atoms with Gasteiger partial charge in [-0.25, -0.2) is 0 Å². The third-order valence-corrected chi connectivity index (χ3v) is 4.65. The van der Waals surface area contributed by atoms with Crippen molar-refractivity contribution in [2.24, 2.45) is 5.92 Å². The number of nitrogens with one attached hydrogen (secondary N) is 1. The highest BCUT2D eigenvalue weighted by molar-refractivity contribution is 5.47. The quantitative estimate of drug-likeness (QED) is 0.731. The molecule has 3 nitrogen and oxygen atoms in total. The molecule has 1 fully saturated rings. The maximum Gasteiger partial charge on any atom is 0.0543 e. The van der Waals surface area contributed by atoms with Crippen molar-refractivity contribution in [3.05, 3.63) is 29.3 Å². The lowest BCUT2D eigenvalue weighted by Crippen LogP contribution is -2.30. The summed E-state index contributed by atoms with van der Waals surface area (Å²) in [6.07, 6.45) is 6.61. The number of hydrogen-bond donors (Lipinski definition) is 3. The highest BCUT2D eigenvalue weighted by Crippen LogP contribution is 2.33. The van der Waals surface area contributed by atoms with Crippen molar-refractivity contribution < 1.29 is 5.11 Å². The largest absolute Gasteiger partial charge is 0.399 e. The van der Waals surface area contributed by atoms with E-state index >= 15 is 0 Å². The van der Waals surface area contributed by atoms with Crippen LogP contribution in [0, 0.1) is 5.92 Å². The average molecular weight is 260 g/mol. The number of rotatable bonds is 3. The van der Waals surface area contributed by atoms with E-state index in [1.807, 2.05) is 6.07 Å². The summed E-state index contributed by atoms with van der Waals surface area (Å²) in [6, 6.07) is 6.77. The number of aliphatic hydroxyl groups is 1. The second-order valence-corrected chi connectivity index (χ2v) is 6.14. The minimum atomic E-state index is -0.0730. The molecule has 4 N–H and O–H groups in total. The summed E-state index contributed by atoms with van der Waals surface area (Å²) in [5.41, 5.74) is 9.53. The van der Waals surface area contributed by atoms with Crippen LogP contribution in [0.2, 0.25) is 0 Å². The van der Waals surface area contributed by atoms with E-state index < -0.39 is 0 Å². The van der Waals surface area contributed by atoms with Crippen molar-refractivity contribution in [1.82, 2.24) is 5.32 Å². The molecule has 0 bridgehead atoms. The van der Waals surface area contributed by atoms with Gasteiger partial charge in [-0.05, 0) is 67.8 Å². The lowest BCUT2D eigenvalue weighted by Gasteiger charge is -2.27. The Morgan fingerprint density at radius 2 is 2.16 bits per heavy atom.